The van der Waals surface area contributed by atoms with Gasteiger partial charge in [0.2, 0.25) is 5.91 Å². The molecular weight excluding hydrogens is 281 g/mol. The summed E-state index contributed by atoms with van der Waals surface area (Å²) in [5.74, 6) is -3.09. The van der Waals surface area contributed by atoms with E-state index in [2.05, 4.69) is 5.32 Å². The van der Waals surface area contributed by atoms with Crippen LogP contribution in [0.25, 0.3) is 0 Å². The van der Waals surface area contributed by atoms with Crippen molar-refractivity contribution >= 4 is 11.6 Å². The van der Waals surface area contributed by atoms with Crippen LogP contribution in [0.15, 0.2) is 42.5 Å². The maximum absolute atomic E-state index is 13.9. The topological polar surface area (TPSA) is 55.1 Å². The molecule has 0 aliphatic rings. The fraction of sp³-hybridized carbons (Fsp3) is 0.133. The van der Waals surface area contributed by atoms with Crippen molar-refractivity contribution < 1.29 is 18.0 Å². The van der Waals surface area contributed by atoms with Crippen LogP contribution in [0.3, 0.4) is 0 Å². The summed E-state index contributed by atoms with van der Waals surface area (Å²) in [6, 6.07) is 8.11. The Kier molecular flexibility index (Phi) is 3.88. The minimum atomic E-state index is -1.65. The largest absolute Gasteiger partial charge is 0.368 e. The maximum atomic E-state index is 13.9. The first-order chi connectivity index (χ1) is 9.83. The summed E-state index contributed by atoms with van der Waals surface area (Å²) < 4.78 is 40.1. The zero-order chi connectivity index (χ0) is 15.6. The minimum Gasteiger partial charge on any atom is -0.368 e. The highest BCUT2D eigenvalue weighted by molar-refractivity contribution is 5.89. The summed E-state index contributed by atoms with van der Waals surface area (Å²) in [7, 11) is 0. The Bertz CT molecular complexity index is 690. The van der Waals surface area contributed by atoms with Crippen molar-refractivity contribution in [3.05, 3.63) is 65.5 Å². The lowest BCUT2D eigenvalue weighted by Gasteiger charge is -2.29. The minimum absolute atomic E-state index is 0.124. The van der Waals surface area contributed by atoms with Crippen LogP contribution in [-0.2, 0) is 10.3 Å². The van der Waals surface area contributed by atoms with Gasteiger partial charge in [-0.3, -0.25) is 4.79 Å². The van der Waals surface area contributed by atoms with Crippen LogP contribution >= 0.6 is 0 Å². The first-order valence-corrected chi connectivity index (χ1v) is 6.12. The number of rotatable bonds is 4. The smallest absolute Gasteiger partial charge is 0.247 e. The molecule has 110 valence electrons. The number of carbonyl (C=O) groups is 1. The molecule has 6 heteroatoms. The first-order valence-electron chi connectivity index (χ1n) is 6.12. The monoisotopic (exact) mass is 294 g/mol. The molecule has 2 aromatic carbocycles. The normalized spacial score (nSPS) is 13.5. The van der Waals surface area contributed by atoms with Crippen LogP contribution in [-0.4, -0.2) is 5.91 Å². The Morgan fingerprint density at radius 1 is 1.10 bits per heavy atom. The molecule has 0 fully saturated rings. The maximum Gasteiger partial charge on any atom is 0.247 e. The Hall–Kier alpha value is -2.50. The van der Waals surface area contributed by atoms with E-state index in [0.29, 0.717) is 6.07 Å². The number of carbonyl (C=O) groups excluding carboxylic acids is 1. The lowest BCUT2D eigenvalue weighted by atomic mass is 9.90. The van der Waals surface area contributed by atoms with Gasteiger partial charge in [0.15, 0.2) is 0 Å². The Morgan fingerprint density at radius 3 is 2.33 bits per heavy atom. The molecule has 2 aromatic rings. The van der Waals surface area contributed by atoms with Gasteiger partial charge in [-0.15, -0.1) is 0 Å². The predicted molar refractivity (Wildman–Crippen MR) is 72.9 cm³/mol. The molecular formula is C15H13F3N2O. The molecule has 2 rings (SSSR count). The van der Waals surface area contributed by atoms with Crippen LogP contribution < -0.4 is 11.1 Å². The molecule has 3 N–H and O–H groups in total. The molecule has 0 radical (unpaired) electrons. The molecule has 1 atom stereocenters. The molecule has 0 spiro atoms. The van der Waals surface area contributed by atoms with Gasteiger partial charge in [-0.25, -0.2) is 13.2 Å². The summed E-state index contributed by atoms with van der Waals surface area (Å²) in [4.78, 5) is 11.8. The summed E-state index contributed by atoms with van der Waals surface area (Å²) in [6.07, 6.45) is 0. The van der Waals surface area contributed by atoms with Crippen molar-refractivity contribution in [2.45, 2.75) is 12.5 Å². The van der Waals surface area contributed by atoms with E-state index in [0.717, 1.165) is 18.2 Å². The fourth-order valence-electron chi connectivity index (χ4n) is 2.01. The molecule has 1 amide bonds. The predicted octanol–water partition coefficient (Wildman–Crippen LogP) is 2.92. The van der Waals surface area contributed by atoms with Crippen molar-refractivity contribution in [1.29, 1.82) is 0 Å². The molecule has 0 aliphatic heterocycles. The second-order valence-electron chi connectivity index (χ2n) is 4.75. The Morgan fingerprint density at radius 2 is 1.76 bits per heavy atom. The van der Waals surface area contributed by atoms with Gasteiger partial charge in [-0.1, -0.05) is 12.1 Å². The number of primary amides is 1. The highest BCUT2D eigenvalue weighted by Gasteiger charge is 2.36. The first kappa shape index (κ1) is 14.9. The zero-order valence-corrected chi connectivity index (χ0v) is 11.2. The standard InChI is InChI=1S/C15H13F3N2O/c1-15(14(19)21,12-6-5-10(17)8-13(12)18)20-11-4-2-3-9(16)7-11/h2-8,20H,1H3,(H2,19,21). The number of halogens is 3. The van der Waals surface area contributed by atoms with Crippen molar-refractivity contribution in [1.82, 2.24) is 0 Å². The lowest BCUT2D eigenvalue weighted by molar-refractivity contribution is -0.122. The van der Waals surface area contributed by atoms with Crippen LogP contribution in [0.2, 0.25) is 0 Å². The third-order valence-corrected chi connectivity index (χ3v) is 3.18. The fourth-order valence-corrected chi connectivity index (χ4v) is 2.01. The van der Waals surface area contributed by atoms with Gasteiger partial charge in [-0.05, 0) is 31.2 Å². The number of hydrogen-bond donors (Lipinski definition) is 2. The van der Waals surface area contributed by atoms with E-state index in [1.807, 2.05) is 0 Å². The van der Waals surface area contributed by atoms with Crippen LogP contribution in [0.5, 0.6) is 0 Å². The molecule has 0 aliphatic carbocycles. The van der Waals surface area contributed by atoms with Gasteiger partial charge >= 0.3 is 0 Å². The zero-order valence-electron chi connectivity index (χ0n) is 11.2. The number of nitrogens with two attached hydrogens (primary N) is 1. The molecule has 0 heterocycles. The van der Waals surface area contributed by atoms with Gasteiger partial charge in [0.05, 0.1) is 0 Å². The summed E-state index contributed by atoms with van der Waals surface area (Å²) in [5, 5.41) is 2.70. The number of anilines is 1. The van der Waals surface area contributed by atoms with Crippen molar-refractivity contribution in [2.24, 2.45) is 5.73 Å². The molecule has 21 heavy (non-hydrogen) atoms. The average Bonchev–Trinajstić information content (AvgIpc) is 2.38. The van der Waals surface area contributed by atoms with E-state index in [1.54, 1.807) is 0 Å². The average molecular weight is 294 g/mol. The Labute approximate surface area is 119 Å². The van der Waals surface area contributed by atoms with E-state index in [4.69, 9.17) is 5.73 Å². The Balaban J connectivity index is 2.48. The number of nitrogens with one attached hydrogen (secondary N) is 1. The molecule has 0 saturated carbocycles. The van der Waals surface area contributed by atoms with Gasteiger partial charge in [0.1, 0.15) is 23.0 Å². The second-order valence-corrected chi connectivity index (χ2v) is 4.75. The van der Waals surface area contributed by atoms with Crippen LogP contribution in [0.1, 0.15) is 12.5 Å². The lowest BCUT2D eigenvalue weighted by Crippen LogP contribution is -2.45. The van der Waals surface area contributed by atoms with E-state index in [9.17, 15) is 18.0 Å². The number of amides is 1. The quantitative estimate of drug-likeness (QED) is 0.911. The van der Waals surface area contributed by atoms with Crippen LogP contribution in [0, 0.1) is 17.5 Å². The SMILES string of the molecule is CC(Nc1cccc(F)c1)(C(N)=O)c1ccc(F)cc1F. The van der Waals surface area contributed by atoms with Gasteiger partial charge in [0, 0.05) is 17.3 Å². The van der Waals surface area contributed by atoms with Gasteiger partial charge in [-0.2, -0.15) is 0 Å². The van der Waals surface area contributed by atoms with Crippen molar-refractivity contribution in [3.63, 3.8) is 0 Å². The number of benzene rings is 2. The molecule has 0 bridgehead atoms. The van der Waals surface area contributed by atoms with Crippen molar-refractivity contribution in [3.8, 4) is 0 Å². The molecule has 0 saturated heterocycles. The summed E-state index contributed by atoms with van der Waals surface area (Å²) in [5.41, 5.74) is 3.82. The van der Waals surface area contributed by atoms with Gasteiger partial charge in [0.25, 0.3) is 0 Å². The van der Waals surface area contributed by atoms with E-state index < -0.39 is 28.9 Å². The van der Waals surface area contributed by atoms with E-state index in [1.165, 1.54) is 25.1 Å². The summed E-state index contributed by atoms with van der Waals surface area (Å²) >= 11 is 0. The highest BCUT2D eigenvalue weighted by Crippen LogP contribution is 2.28. The second kappa shape index (κ2) is 5.47. The van der Waals surface area contributed by atoms with E-state index >= 15 is 0 Å². The molecule has 0 aromatic heterocycles. The third-order valence-electron chi connectivity index (χ3n) is 3.18. The van der Waals surface area contributed by atoms with Crippen LogP contribution in [0.4, 0.5) is 18.9 Å². The number of hydrogen-bond acceptors (Lipinski definition) is 2. The van der Waals surface area contributed by atoms with Crippen molar-refractivity contribution in [2.75, 3.05) is 5.32 Å². The van der Waals surface area contributed by atoms with E-state index in [-0.39, 0.29) is 11.3 Å². The molecule has 3 nitrogen and oxygen atoms in total. The molecule has 1 unspecified atom stereocenters. The summed E-state index contributed by atoms with van der Waals surface area (Å²) in [6.45, 7) is 1.34. The highest BCUT2D eigenvalue weighted by atomic mass is 19.1. The third kappa shape index (κ3) is 2.99. The van der Waals surface area contributed by atoms with Gasteiger partial charge < -0.3 is 11.1 Å².